The van der Waals surface area contributed by atoms with Crippen LogP contribution in [0.1, 0.15) is 277 Å². The van der Waals surface area contributed by atoms with Crippen molar-refractivity contribution in [1.82, 2.24) is 44.9 Å². The van der Waals surface area contributed by atoms with Gasteiger partial charge >= 0.3 is 68.1 Å². The molecule has 9 heterocycles. The molecule has 0 aromatic heterocycles. The number of esters is 3. The van der Waals surface area contributed by atoms with Crippen LogP contribution < -0.4 is 10.6 Å². The molecule has 6 saturated heterocycles. The predicted molar refractivity (Wildman–Crippen MR) is 564 cm³/mol. The van der Waals surface area contributed by atoms with E-state index in [-0.39, 0.29) is 134 Å². The van der Waals surface area contributed by atoms with Crippen LogP contribution in [0.3, 0.4) is 0 Å². The fourth-order valence-corrected chi connectivity index (χ4v) is 15.3. The van der Waals surface area contributed by atoms with Crippen LogP contribution in [0.5, 0.6) is 0 Å². The lowest BCUT2D eigenvalue weighted by molar-refractivity contribution is -0.141. The molecule has 0 saturated carbocycles. The molecule has 0 radical (unpaired) electrons. The summed E-state index contributed by atoms with van der Waals surface area (Å²) in [5, 5.41) is 14.2. The minimum Gasteiger partial charge on any atom is -0.478 e. The van der Waals surface area contributed by atoms with Crippen molar-refractivity contribution in [1.29, 1.82) is 0 Å². The third kappa shape index (κ3) is 66.5. The van der Waals surface area contributed by atoms with E-state index in [2.05, 4.69) is 20.1 Å². The average Bonchev–Trinajstić information content (AvgIpc) is 0.823. The van der Waals surface area contributed by atoms with Gasteiger partial charge in [0.25, 0.3) is 23.6 Å². The number of carboxylic acids is 1. The van der Waals surface area contributed by atoms with Gasteiger partial charge in [-0.3, -0.25) is 47.9 Å². The Morgan fingerprint density at radius 3 is 0.932 bits per heavy atom. The van der Waals surface area contributed by atoms with Gasteiger partial charge in [0.2, 0.25) is 11.1 Å². The maximum atomic E-state index is 12.1. The highest BCUT2D eigenvalue weighted by atomic mass is 35.5. The Balaban J connectivity index is 0.00000167. The van der Waals surface area contributed by atoms with E-state index >= 15 is 0 Å². The molecule has 6 fully saturated rings. The van der Waals surface area contributed by atoms with Crippen LogP contribution in [0.2, 0.25) is 0 Å². The van der Waals surface area contributed by atoms with Gasteiger partial charge in [0.1, 0.15) is 46.1 Å². The SMILES string of the molecule is C.CC(C)(C)C(=O)Cl.CC(C)(C)OC(=O)N1CCC(/C=C/C(=O)N2CCC=CC2=O)CC1.CC(C)(C)OC(=O)N1CCC(/C=C/C(=O)O)CC1.CC(C)(C)OC(=O)N1CCC(C=O)CC1.CC(C)(C)OC(=O)OC(=O)/C=C/C1CCN(C(=O)OC(C)(C)C)CC1.CCOC(=O)/C=C/C1CCN(C(=O)OC(C)(C)C)CC1.CCOC(=O)CP(=O)(OCC)OCC.O=C1C=CCCN1.O=C1C=CCCN1C(=O)/C=C/C1CCNCC1. The summed E-state index contributed by atoms with van der Waals surface area (Å²) in [6.07, 6.45) is 36.6. The Labute approximate surface area is 883 Å². The number of carbonyl (C=O) groups is 17. The number of carboxylic acid groups (broad SMARTS) is 1. The number of halogens is 1. The number of piperidine rings is 6. The lowest BCUT2D eigenvalue weighted by atomic mass is 9.96. The molecule has 41 heteroatoms. The summed E-state index contributed by atoms with van der Waals surface area (Å²) in [6.45, 7) is 56.0. The lowest BCUT2D eigenvalue weighted by Crippen LogP contribution is -2.41. The summed E-state index contributed by atoms with van der Waals surface area (Å²) in [4.78, 5) is 204. The zero-order valence-corrected chi connectivity index (χ0v) is 93.4. The van der Waals surface area contributed by atoms with E-state index in [4.69, 9.17) is 58.9 Å². The van der Waals surface area contributed by atoms with Gasteiger partial charge in [0.05, 0.1) is 26.4 Å². The van der Waals surface area contributed by atoms with Gasteiger partial charge in [0.15, 0.2) is 0 Å². The zero-order valence-electron chi connectivity index (χ0n) is 91.8. The van der Waals surface area contributed by atoms with Gasteiger partial charge in [-0.05, 0) is 333 Å². The summed E-state index contributed by atoms with van der Waals surface area (Å²) in [5.41, 5.74) is -3.47. The van der Waals surface area contributed by atoms with Crippen LogP contribution in [-0.2, 0) is 109 Å². The van der Waals surface area contributed by atoms with Crippen molar-refractivity contribution in [2.24, 2.45) is 40.9 Å². The van der Waals surface area contributed by atoms with Crippen molar-refractivity contribution < 1.29 is 143 Å². The number of carbonyl (C=O) groups excluding carboxylic acids is 16. The van der Waals surface area contributed by atoms with Crippen LogP contribution in [0.4, 0.5) is 28.8 Å². The quantitative estimate of drug-likeness (QED) is 0.0206. The molecule has 0 aromatic rings. The number of ether oxygens (including phenoxy) is 9. The van der Waals surface area contributed by atoms with Crippen LogP contribution in [0, 0.1) is 40.9 Å². The second-order valence-corrected chi connectivity index (χ2v) is 44.9. The number of likely N-dealkylation sites (tertiary alicyclic amines) is 5. The molecule has 0 unspecified atom stereocenters. The molecule has 840 valence electrons. The number of allylic oxidation sites excluding steroid dienone is 5. The Bertz CT molecular complexity index is 4460. The van der Waals surface area contributed by atoms with Crippen molar-refractivity contribution in [2.45, 2.75) is 310 Å². The smallest absolute Gasteiger partial charge is 0.478 e. The summed E-state index contributed by atoms with van der Waals surface area (Å²) >= 11 is 5.11. The first kappa shape index (κ1) is 137. The molecule has 0 aliphatic carbocycles. The van der Waals surface area contributed by atoms with Crippen molar-refractivity contribution >= 4 is 121 Å². The fraction of sp³-hybridized carbons (Fsp3) is 0.692. The Hall–Kier alpha value is -10.9. The molecule has 9 aliphatic rings. The van der Waals surface area contributed by atoms with Gasteiger partial charge < -0.3 is 96.7 Å². The van der Waals surface area contributed by atoms with Crippen molar-refractivity contribution in [3.05, 3.63) is 97.2 Å². The number of hydrogen-bond acceptors (Lipinski definition) is 30. The molecule has 10 amide bonds. The number of imide groups is 2. The van der Waals surface area contributed by atoms with E-state index in [0.29, 0.717) is 103 Å². The van der Waals surface area contributed by atoms with E-state index in [9.17, 15) is 86.1 Å². The van der Waals surface area contributed by atoms with E-state index < -0.39 is 65.3 Å². The molecule has 0 spiro atoms. The molecular weight excluding hydrogens is 1960 g/mol. The zero-order chi connectivity index (χ0) is 112. The number of nitrogens with one attached hydrogen (secondary N) is 2. The van der Waals surface area contributed by atoms with Gasteiger partial charge in [0, 0.05) is 115 Å². The normalized spacial score (nSPS) is 17.6. The second kappa shape index (κ2) is 69.5. The Morgan fingerprint density at radius 2 is 0.676 bits per heavy atom. The predicted octanol–water partition coefficient (Wildman–Crippen LogP) is 18.2. The van der Waals surface area contributed by atoms with E-state index in [0.717, 1.165) is 116 Å². The van der Waals surface area contributed by atoms with Gasteiger partial charge in [-0.1, -0.05) is 76.8 Å². The summed E-state index contributed by atoms with van der Waals surface area (Å²) in [5.74, 6) is -1.90. The Morgan fingerprint density at radius 1 is 0.385 bits per heavy atom. The molecular formula is C107H175ClN9O30P. The monoisotopic (exact) mass is 2130 g/mol. The maximum Gasteiger partial charge on any atom is 0.516 e. The standard InChI is InChI=1S/C18H26N2O4.C18H29NO6.C15H25NO4.C13H18N2O2.C13H21NO4.C11H19NO3.C8H17O5P.C5H9ClO.C5H7NO.CH4/c1-18(2,3)24-17(23)19-12-9-14(10-13-19)7-8-16(22)20-11-5-4-6-15(20)21;1-17(2,3)24-15(21)19-11-9-13(10-12-19)7-8-14(20)23-16(22)25-18(4,5)6;1-5-19-13(17)7-6-12-8-10-16(11-9-12)14(18)20-15(2,3)4;16-12-3-1-2-10-15(12)13(17)5-4-11-6-8-14-9-7-11;1-13(2,3)18-12(17)14-8-6-10(7-9-14)4-5-11(15)16;1-11(2,3)15-10(14)12-6-4-9(8-13)5-7-12;1-4-11-8(9)7-14(10,12-5-2)13-6-3;1-5(2,3)4(6)7;7-5-3-1-2-4-6-5;/h4,6-8,14H,5,9-13H2,1-3H3;7-8,13H,9-12H2,1-6H3;6-7,12H,5,8-11H2,1-4H3;1,3-5,11,14H,2,6-10H2;4-5,10H,6-9H2,1-3H3,(H,15,16);8-9H,4-7H2,1-3H3;4-7H2,1-3H3;1-3H3;1,3H,2,4H2,(H,6,7);1H4/b2*8-7+;7-6+;2*5-4+;;;;;. The Kier molecular flexibility index (Phi) is 64.4. The molecule has 148 heavy (non-hydrogen) atoms. The molecule has 3 N–H and O–H groups in total. The van der Waals surface area contributed by atoms with Crippen LogP contribution in [0.15, 0.2) is 97.2 Å². The number of amides is 10. The topological polar surface area (TPSA) is 476 Å². The lowest BCUT2D eigenvalue weighted by Gasteiger charge is -2.32. The molecule has 9 rings (SSSR count). The number of nitrogens with zero attached hydrogens (tertiary/aromatic N) is 7. The van der Waals surface area contributed by atoms with Crippen LogP contribution in [-0.4, -0.2) is 305 Å². The molecule has 0 aromatic carbocycles. The van der Waals surface area contributed by atoms with E-state index in [1.165, 1.54) is 46.3 Å². The van der Waals surface area contributed by atoms with Gasteiger partial charge in [-0.15, -0.1) is 0 Å². The number of aliphatic carboxylic acids is 1. The third-order valence-electron chi connectivity index (χ3n) is 21.3. The summed E-state index contributed by atoms with van der Waals surface area (Å²) in [7, 11) is -3.28. The first-order chi connectivity index (χ1) is 68.3. The molecule has 39 nitrogen and oxygen atoms in total. The largest absolute Gasteiger partial charge is 0.516 e. The first-order valence-electron chi connectivity index (χ1n) is 50.8. The second-order valence-electron chi connectivity index (χ2n) is 42.5. The van der Waals surface area contributed by atoms with E-state index in [1.807, 2.05) is 134 Å². The van der Waals surface area contributed by atoms with Gasteiger partial charge in [-0.2, -0.15) is 0 Å². The summed E-state index contributed by atoms with van der Waals surface area (Å²) in [6, 6.07) is 0. The highest BCUT2D eigenvalue weighted by molar-refractivity contribution is 7.54. The fourth-order valence-electron chi connectivity index (χ4n) is 13.9. The van der Waals surface area contributed by atoms with Crippen molar-refractivity contribution in [3.8, 4) is 0 Å². The van der Waals surface area contributed by atoms with Crippen LogP contribution in [0.25, 0.3) is 0 Å². The van der Waals surface area contributed by atoms with E-state index in [1.54, 1.807) is 124 Å². The van der Waals surface area contributed by atoms with Crippen molar-refractivity contribution in [3.63, 3.8) is 0 Å². The highest BCUT2D eigenvalue weighted by Gasteiger charge is 2.35. The van der Waals surface area contributed by atoms with Gasteiger partial charge in [-0.25, -0.2) is 43.2 Å². The first-order valence-corrected chi connectivity index (χ1v) is 53.0. The number of rotatable bonds is 19. The minimum atomic E-state index is -3.28. The summed E-state index contributed by atoms with van der Waals surface area (Å²) < 4.78 is 67.1. The minimum absolute atomic E-state index is 0. The highest BCUT2D eigenvalue weighted by Crippen LogP contribution is 2.48. The number of aldehydes is 1. The maximum absolute atomic E-state index is 12.1. The van der Waals surface area contributed by atoms with Crippen molar-refractivity contribution in [2.75, 3.05) is 131 Å². The molecule has 9 aliphatic heterocycles. The van der Waals surface area contributed by atoms with Crippen LogP contribution >= 0.6 is 19.2 Å². The average molecular weight is 2130 g/mol. The molecule has 0 atom stereocenters. The molecule has 0 bridgehead atoms. The number of hydrogen-bond donors (Lipinski definition) is 3. The third-order valence-corrected chi connectivity index (χ3v) is 23.8.